The molecule has 0 saturated carbocycles. The van der Waals surface area contributed by atoms with Gasteiger partial charge in [0.1, 0.15) is 13.2 Å². The fraction of sp³-hybridized carbons (Fsp3) is 0.609. The third-order valence-corrected chi connectivity index (χ3v) is 12.3. The zero-order valence-corrected chi connectivity index (χ0v) is 48.3. The Morgan fingerprint density at radius 3 is 0.933 bits per heavy atom. The van der Waals surface area contributed by atoms with Gasteiger partial charge in [0.15, 0.2) is 6.10 Å². The largest absolute Gasteiger partial charge is 0.462 e. The Balaban J connectivity index is 4.62. The van der Waals surface area contributed by atoms with Crippen LogP contribution in [0.1, 0.15) is 252 Å². The van der Waals surface area contributed by atoms with Crippen LogP contribution in [0.15, 0.2) is 146 Å². The van der Waals surface area contributed by atoms with Crippen molar-refractivity contribution in [3.63, 3.8) is 0 Å². The number of carbonyl (C=O) groups excluding carboxylic acids is 3. The van der Waals surface area contributed by atoms with E-state index in [1.54, 1.807) is 0 Å². The number of hydrogen-bond donors (Lipinski definition) is 0. The minimum absolute atomic E-state index is 0.137. The van der Waals surface area contributed by atoms with Crippen LogP contribution in [0.5, 0.6) is 0 Å². The molecular formula is C69H110O6. The lowest BCUT2D eigenvalue weighted by Crippen LogP contribution is -2.30. The van der Waals surface area contributed by atoms with Gasteiger partial charge in [-0.05, 0) is 122 Å². The van der Waals surface area contributed by atoms with Gasteiger partial charge in [-0.2, -0.15) is 0 Å². The molecule has 0 aliphatic carbocycles. The van der Waals surface area contributed by atoms with Gasteiger partial charge in [-0.1, -0.05) is 256 Å². The van der Waals surface area contributed by atoms with Crippen molar-refractivity contribution in [2.75, 3.05) is 13.2 Å². The van der Waals surface area contributed by atoms with Gasteiger partial charge in [0.05, 0.1) is 0 Å². The molecule has 0 N–H and O–H groups in total. The first kappa shape index (κ1) is 70.3. The average Bonchev–Trinajstić information content (AvgIpc) is 3.41. The predicted octanol–water partition coefficient (Wildman–Crippen LogP) is 20.8. The lowest BCUT2D eigenvalue weighted by molar-refractivity contribution is -0.166. The Bertz CT molecular complexity index is 1660. The molecule has 0 radical (unpaired) electrons. The van der Waals surface area contributed by atoms with Crippen LogP contribution in [-0.4, -0.2) is 37.2 Å². The summed E-state index contributed by atoms with van der Waals surface area (Å²) in [5, 5.41) is 0. The highest BCUT2D eigenvalue weighted by molar-refractivity contribution is 5.71. The quantitative estimate of drug-likeness (QED) is 0.0261. The van der Waals surface area contributed by atoms with Gasteiger partial charge in [-0.3, -0.25) is 14.4 Å². The van der Waals surface area contributed by atoms with Gasteiger partial charge < -0.3 is 14.2 Å². The molecule has 0 aromatic rings. The molecule has 0 aliphatic rings. The van der Waals surface area contributed by atoms with Crippen LogP contribution >= 0.6 is 0 Å². The van der Waals surface area contributed by atoms with E-state index >= 15 is 0 Å². The van der Waals surface area contributed by atoms with Crippen LogP contribution in [-0.2, 0) is 28.6 Å². The maximum absolute atomic E-state index is 12.9. The molecule has 0 fully saturated rings. The van der Waals surface area contributed by atoms with Crippen molar-refractivity contribution >= 4 is 17.9 Å². The molecule has 0 aliphatic heterocycles. The molecule has 0 aromatic carbocycles. The Morgan fingerprint density at radius 1 is 0.280 bits per heavy atom. The molecule has 6 heteroatoms. The first-order valence-corrected chi connectivity index (χ1v) is 30.3. The van der Waals surface area contributed by atoms with Gasteiger partial charge in [0.25, 0.3) is 0 Å². The second-order valence-corrected chi connectivity index (χ2v) is 19.5. The second kappa shape index (κ2) is 61.8. The van der Waals surface area contributed by atoms with E-state index in [0.29, 0.717) is 19.3 Å². The number of carbonyl (C=O) groups is 3. The molecular weight excluding hydrogens is 925 g/mol. The van der Waals surface area contributed by atoms with Crippen molar-refractivity contribution < 1.29 is 28.6 Å². The Morgan fingerprint density at radius 2 is 0.547 bits per heavy atom. The van der Waals surface area contributed by atoms with E-state index < -0.39 is 12.1 Å². The van der Waals surface area contributed by atoms with E-state index in [1.807, 2.05) is 24.3 Å². The van der Waals surface area contributed by atoms with Crippen molar-refractivity contribution in [3.05, 3.63) is 146 Å². The van der Waals surface area contributed by atoms with Crippen molar-refractivity contribution in [1.29, 1.82) is 0 Å². The van der Waals surface area contributed by atoms with Crippen LogP contribution in [0, 0.1) is 0 Å². The number of ether oxygens (including phenoxy) is 3. The minimum atomic E-state index is -0.856. The van der Waals surface area contributed by atoms with Crippen LogP contribution in [0.25, 0.3) is 0 Å². The monoisotopic (exact) mass is 1030 g/mol. The predicted molar refractivity (Wildman–Crippen MR) is 325 cm³/mol. The lowest BCUT2D eigenvalue weighted by Gasteiger charge is -2.18. The van der Waals surface area contributed by atoms with Crippen molar-refractivity contribution in [1.82, 2.24) is 0 Å². The maximum Gasteiger partial charge on any atom is 0.306 e. The highest BCUT2D eigenvalue weighted by atomic mass is 16.6. The summed E-state index contributed by atoms with van der Waals surface area (Å²) < 4.78 is 16.7. The van der Waals surface area contributed by atoms with Crippen LogP contribution < -0.4 is 0 Å². The normalized spacial score (nSPS) is 13.2. The van der Waals surface area contributed by atoms with Crippen LogP contribution in [0.2, 0.25) is 0 Å². The summed E-state index contributed by atoms with van der Waals surface area (Å²) in [6.07, 6.45) is 88.6. The Hall–Kier alpha value is -4.71. The molecule has 0 amide bonds. The van der Waals surface area contributed by atoms with E-state index in [9.17, 15) is 14.4 Å². The summed E-state index contributed by atoms with van der Waals surface area (Å²) in [6.45, 7) is 6.36. The lowest BCUT2D eigenvalue weighted by atomic mass is 10.1. The summed E-state index contributed by atoms with van der Waals surface area (Å²) in [6, 6.07) is 0. The number of rotatable bonds is 53. The van der Waals surface area contributed by atoms with Crippen LogP contribution in [0.4, 0.5) is 0 Å². The van der Waals surface area contributed by atoms with Gasteiger partial charge in [-0.25, -0.2) is 0 Å². The highest BCUT2D eigenvalue weighted by Gasteiger charge is 2.19. The molecule has 0 rings (SSSR count). The standard InChI is InChI=1S/C69H110O6/c1-4-7-10-13-16-19-22-25-28-31-34-37-40-43-46-49-52-55-58-61-67(70)73-64-66(75-69(72)63-60-57-54-51-48-45-42-39-36-33-30-27-24-21-18-15-12-9-6-3)65-74-68(71)62-59-56-53-50-47-44-41-38-35-32-29-26-23-20-17-14-11-8-5-2/h7,10,16,18-19,21,25-30,34,36-37,39,43,45-46,48,52,54-55,57,66H,4-6,8-9,11-15,17,20,22-24,31-33,35,38,40-42,44,47,49-51,53,56,58-65H2,1-3H3/b10-7-,19-16-,21-18-,28-25-,29-26-,30-27-,37-34-,39-36-,46-43-,48-45-,55-52-,57-54-/t66-/m1/s1. The summed E-state index contributed by atoms with van der Waals surface area (Å²) >= 11 is 0. The van der Waals surface area contributed by atoms with Gasteiger partial charge in [0, 0.05) is 19.3 Å². The molecule has 6 nitrogen and oxygen atoms in total. The number of allylic oxidation sites excluding steroid dienone is 24. The van der Waals surface area contributed by atoms with Crippen molar-refractivity contribution in [2.24, 2.45) is 0 Å². The van der Waals surface area contributed by atoms with E-state index in [-0.39, 0.29) is 38.0 Å². The average molecular weight is 1040 g/mol. The fourth-order valence-corrected chi connectivity index (χ4v) is 7.80. The molecule has 1 atom stereocenters. The molecule has 0 heterocycles. The number of esters is 3. The second-order valence-electron chi connectivity index (χ2n) is 19.5. The van der Waals surface area contributed by atoms with E-state index in [0.717, 1.165) is 83.5 Å². The van der Waals surface area contributed by atoms with Crippen LogP contribution in [0.3, 0.4) is 0 Å². The molecule has 0 spiro atoms. The highest BCUT2D eigenvalue weighted by Crippen LogP contribution is 2.14. The molecule has 75 heavy (non-hydrogen) atoms. The summed E-state index contributed by atoms with van der Waals surface area (Å²) in [7, 11) is 0. The zero-order valence-electron chi connectivity index (χ0n) is 48.3. The zero-order chi connectivity index (χ0) is 54.3. The molecule has 0 bridgehead atoms. The number of hydrogen-bond acceptors (Lipinski definition) is 6. The summed E-state index contributed by atoms with van der Waals surface area (Å²) in [5.41, 5.74) is 0. The first-order valence-electron chi connectivity index (χ1n) is 30.3. The van der Waals surface area contributed by atoms with Gasteiger partial charge in [0.2, 0.25) is 0 Å². The maximum atomic E-state index is 12.9. The van der Waals surface area contributed by atoms with E-state index in [4.69, 9.17) is 14.2 Å². The van der Waals surface area contributed by atoms with Crippen molar-refractivity contribution in [3.8, 4) is 0 Å². The summed E-state index contributed by atoms with van der Waals surface area (Å²) in [4.78, 5) is 38.2. The minimum Gasteiger partial charge on any atom is -0.462 e. The Kier molecular flexibility index (Phi) is 58.0. The Labute approximate surface area is 461 Å². The van der Waals surface area contributed by atoms with Crippen molar-refractivity contribution in [2.45, 2.75) is 258 Å². The van der Waals surface area contributed by atoms with Gasteiger partial charge in [-0.15, -0.1) is 0 Å². The summed E-state index contributed by atoms with van der Waals surface area (Å²) in [5.74, 6) is -1.11. The molecule has 0 unspecified atom stereocenters. The fourth-order valence-electron chi connectivity index (χ4n) is 7.80. The smallest absolute Gasteiger partial charge is 0.306 e. The third kappa shape index (κ3) is 60.0. The molecule has 422 valence electrons. The molecule has 0 aromatic heterocycles. The SMILES string of the molecule is CC/C=C\C/C=C\C/C=C\C/C=C\C/C=C\C/C=C\CCC(=O)OC[C@H](COC(=O)CCCCCCCCCCC/C=C\CCCCCCCC)OC(=O)CC/C=C\C/C=C\C/C=C\C/C=C\C/C=C\CCCCC. The molecule has 0 saturated heterocycles. The van der Waals surface area contributed by atoms with Gasteiger partial charge >= 0.3 is 17.9 Å². The van der Waals surface area contributed by atoms with E-state index in [1.165, 1.54) is 116 Å². The first-order chi connectivity index (χ1) is 37.0. The van der Waals surface area contributed by atoms with E-state index in [2.05, 4.69) is 142 Å². The third-order valence-electron chi connectivity index (χ3n) is 12.3. The topological polar surface area (TPSA) is 78.9 Å². The number of unbranched alkanes of at least 4 members (excludes halogenated alkanes) is 18.